The average Bonchev–Trinajstić information content (AvgIpc) is 2.64. The molecule has 0 spiro atoms. The van der Waals surface area contributed by atoms with Crippen LogP contribution in [0.5, 0.6) is 11.5 Å². The summed E-state index contributed by atoms with van der Waals surface area (Å²) in [4.78, 5) is 4.15. The van der Waals surface area contributed by atoms with Crippen molar-refractivity contribution in [3.8, 4) is 11.5 Å². The molecule has 0 saturated heterocycles. The molecule has 0 heterocycles. The Bertz CT molecular complexity index is 826. The van der Waals surface area contributed by atoms with E-state index in [1.165, 1.54) is 20.3 Å². The molecule has 5 nitrogen and oxygen atoms in total. The Morgan fingerprint density at radius 2 is 1.81 bits per heavy atom. The number of benzene rings is 2. The molecule has 0 aliphatic rings. The molecule has 0 aromatic heterocycles. The zero-order chi connectivity index (χ0) is 20.0. The van der Waals surface area contributed by atoms with Crippen LogP contribution in [-0.4, -0.2) is 20.2 Å². The summed E-state index contributed by atoms with van der Waals surface area (Å²) >= 11 is 3.05. The van der Waals surface area contributed by atoms with Crippen molar-refractivity contribution in [1.82, 2.24) is 5.32 Å². The first-order valence-corrected chi connectivity index (χ1v) is 8.64. The monoisotopic (exact) mass is 445 g/mol. The molecule has 0 aliphatic heterocycles. The maximum Gasteiger partial charge on any atom is 0.416 e. The van der Waals surface area contributed by atoms with Crippen molar-refractivity contribution < 1.29 is 22.6 Å². The van der Waals surface area contributed by atoms with E-state index in [4.69, 9.17) is 15.2 Å². The topological polar surface area (TPSA) is 68.9 Å². The van der Waals surface area contributed by atoms with Gasteiger partial charge >= 0.3 is 6.18 Å². The minimum Gasteiger partial charge on any atom is -0.493 e. The molecule has 27 heavy (non-hydrogen) atoms. The van der Waals surface area contributed by atoms with Gasteiger partial charge < -0.3 is 20.5 Å². The molecule has 9 heteroatoms. The molecule has 2 rings (SSSR count). The third kappa shape index (κ3) is 5.78. The largest absolute Gasteiger partial charge is 0.493 e. The quantitative estimate of drug-likeness (QED) is 0.518. The van der Waals surface area contributed by atoms with Gasteiger partial charge in [-0.15, -0.1) is 0 Å². The number of hydrogen-bond donors (Lipinski definition) is 2. The molecule has 0 fully saturated rings. The van der Waals surface area contributed by atoms with Crippen LogP contribution in [0.1, 0.15) is 16.7 Å². The molecule has 3 N–H and O–H groups in total. The van der Waals surface area contributed by atoms with Gasteiger partial charge in [0.15, 0.2) is 17.5 Å². The molecule has 146 valence electrons. The molecule has 0 saturated carbocycles. The number of alkyl halides is 3. The summed E-state index contributed by atoms with van der Waals surface area (Å²) in [6.45, 7) is 0.148. The number of nitrogens with one attached hydrogen (secondary N) is 1. The lowest BCUT2D eigenvalue weighted by Gasteiger charge is -2.14. The van der Waals surface area contributed by atoms with Gasteiger partial charge in [-0.25, -0.2) is 4.99 Å². The van der Waals surface area contributed by atoms with E-state index in [0.29, 0.717) is 16.0 Å². The highest BCUT2D eigenvalue weighted by molar-refractivity contribution is 9.10. The molecule has 0 atom stereocenters. The van der Waals surface area contributed by atoms with Gasteiger partial charge in [-0.05, 0) is 35.4 Å². The SMILES string of the molecule is COc1ccc(CN=C(N)NCc2ccc(Br)cc2C(F)(F)F)cc1OC. The fourth-order valence-electron chi connectivity index (χ4n) is 2.36. The molecule has 0 radical (unpaired) electrons. The molecular formula is C18H19BrF3N3O2. The van der Waals surface area contributed by atoms with E-state index in [2.05, 4.69) is 26.2 Å². The predicted molar refractivity (Wildman–Crippen MR) is 101 cm³/mol. The minimum atomic E-state index is -4.45. The van der Waals surface area contributed by atoms with Crippen LogP contribution in [-0.2, 0) is 19.3 Å². The normalized spacial score (nSPS) is 12.0. The van der Waals surface area contributed by atoms with Crippen molar-refractivity contribution in [1.29, 1.82) is 0 Å². The van der Waals surface area contributed by atoms with Gasteiger partial charge in [-0.3, -0.25) is 0 Å². The lowest BCUT2D eigenvalue weighted by molar-refractivity contribution is -0.138. The van der Waals surface area contributed by atoms with Crippen LogP contribution < -0.4 is 20.5 Å². The first kappa shape index (κ1) is 20.9. The number of rotatable bonds is 6. The summed E-state index contributed by atoms with van der Waals surface area (Å²) in [5.74, 6) is 1.19. The van der Waals surface area contributed by atoms with Gasteiger partial charge in [0, 0.05) is 11.0 Å². The zero-order valence-electron chi connectivity index (χ0n) is 14.7. The highest BCUT2D eigenvalue weighted by Crippen LogP contribution is 2.33. The van der Waals surface area contributed by atoms with Gasteiger partial charge in [-0.1, -0.05) is 28.1 Å². The molecule has 0 bridgehead atoms. The number of aliphatic imine (C=N–C) groups is 1. The highest BCUT2D eigenvalue weighted by atomic mass is 79.9. The van der Waals surface area contributed by atoms with E-state index in [9.17, 15) is 13.2 Å². The van der Waals surface area contributed by atoms with Gasteiger partial charge in [0.25, 0.3) is 0 Å². The minimum absolute atomic E-state index is 0.0424. The van der Waals surface area contributed by atoms with Crippen molar-refractivity contribution in [3.05, 3.63) is 57.6 Å². The van der Waals surface area contributed by atoms with Gasteiger partial charge in [0.1, 0.15) is 0 Å². The number of methoxy groups -OCH3 is 2. The highest BCUT2D eigenvalue weighted by Gasteiger charge is 2.33. The molecule has 0 amide bonds. The molecule has 0 unspecified atom stereocenters. The first-order chi connectivity index (χ1) is 12.7. The number of nitrogens with two attached hydrogens (primary N) is 1. The van der Waals surface area contributed by atoms with Crippen LogP contribution in [0.4, 0.5) is 13.2 Å². The number of hydrogen-bond acceptors (Lipinski definition) is 3. The van der Waals surface area contributed by atoms with Gasteiger partial charge in [0.2, 0.25) is 0 Å². The van der Waals surface area contributed by atoms with Crippen LogP contribution in [0.25, 0.3) is 0 Å². The fraction of sp³-hybridized carbons (Fsp3) is 0.278. The summed E-state index contributed by atoms with van der Waals surface area (Å²) in [5.41, 5.74) is 5.95. The second-order valence-electron chi connectivity index (χ2n) is 5.54. The number of halogens is 4. The average molecular weight is 446 g/mol. The van der Waals surface area contributed by atoms with Crippen molar-refractivity contribution in [2.24, 2.45) is 10.7 Å². The van der Waals surface area contributed by atoms with E-state index < -0.39 is 11.7 Å². The maximum absolute atomic E-state index is 13.1. The van der Waals surface area contributed by atoms with E-state index >= 15 is 0 Å². The summed E-state index contributed by atoms with van der Waals surface area (Å²) in [6, 6.07) is 9.27. The molecule has 0 aliphatic carbocycles. The maximum atomic E-state index is 13.1. The van der Waals surface area contributed by atoms with Crippen molar-refractivity contribution >= 4 is 21.9 Å². The zero-order valence-corrected chi connectivity index (χ0v) is 16.3. The lowest BCUT2D eigenvalue weighted by Crippen LogP contribution is -2.31. The van der Waals surface area contributed by atoms with Crippen molar-refractivity contribution in [2.45, 2.75) is 19.3 Å². The Morgan fingerprint density at radius 3 is 2.44 bits per heavy atom. The summed E-state index contributed by atoms with van der Waals surface area (Å²) in [5, 5.41) is 2.71. The molecule has 2 aromatic carbocycles. The van der Waals surface area contributed by atoms with E-state index in [1.54, 1.807) is 24.3 Å². The van der Waals surface area contributed by atoms with Gasteiger partial charge in [0.05, 0.1) is 26.3 Å². The smallest absolute Gasteiger partial charge is 0.416 e. The Hall–Kier alpha value is -2.42. The van der Waals surface area contributed by atoms with Gasteiger partial charge in [-0.2, -0.15) is 13.2 Å². The molecule has 2 aromatic rings. The summed E-state index contributed by atoms with van der Waals surface area (Å²) in [7, 11) is 3.06. The Labute approximate surface area is 163 Å². The third-order valence-corrected chi connectivity index (χ3v) is 4.21. The van der Waals surface area contributed by atoms with Crippen LogP contribution in [0.2, 0.25) is 0 Å². The van der Waals surface area contributed by atoms with Crippen molar-refractivity contribution in [3.63, 3.8) is 0 Å². The van der Waals surface area contributed by atoms with E-state index in [-0.39, 0.29) is 24.6 Å². The van der Waals surface area contributed by atoms with Crippen molar-refractivity contribution in [2.75, 3.05) is 14.2 Å². The second-order valence-corrected chi connectivity index (χ2v) is 6.46. The Kier molecular flexibility index (Phi) is 6.95. The number of nitrogens with zero attached hydrogens (tertiary/aromatic N) is 1. The first-order valence-electron chi connectivity index (χ1n) is 7.85. The number of ether oxygens (including phenoxy) is 2. The number of guanidine groups is 1. The second kappa shape index (κ2) is 8.98. The van der Waals surface area contributed by atoms with E-state index in [0.717, 1.165) is 11.6 Å². The van der Waals surface area contributed by atoms with Crippen LogP contribution in [0.15, 0.2) is 45.9 Å². The van der Waals surface area contributed by atoms with E-state index in [1.807, 2.05) is 0 Å². The molecular weight excluding hydrogens is 427 g/mol. The van der Waals surface area contributed by atoms with Crippen LogP contribution in [0.3, 0.4) is 0 Å². The predicted octanol–water partition coefficient (Wildman–Crippen LogP) is 4.09. The van der Waals surface area contributed by atoms with Crippen LogP contribution >= 0.6 is 15.9 Å². The van der Waals surface area contributed by atoms with Crippen LogP contribution in [0, 0.1) is 0 Å². The standard InChI is InChI=1S/C18H19BrF3N3O2/c1-26-15-6-3-11(7-16(15)27-2)9-24-17(23)25-10-12-4-5-13(19)8-14(12)18(20,21)22/h3-8H,9-10H2,1-2H3,(H3,23,24,25). The lowest BCUT2D eigenvalue weighted by atomic mass is 10.1. The summed E-state index contributed by atoms with van der Waals surface area (Å²) < 4.78 is 50.1. The third-order valence-electron chi connectivity index (χ3n) is 3.72. The Balaban J connectivity index is 2.05. The summed E-state index contributed by atoms with van der Waals surface area (Å²) in [6.07, 6.45) is -4.45. The fourth-order valence-corrected chi connectivity index (χ4v) is 2.72. The Morgan fingerprint density at radius 1 is 1.11 bits per heavy atom.